The van der Waals surface area contributed by atoms with Crippen LogP contribution in [0.2, 0.25) is 0 Å². The van der Waals surface area contributed by atoms with E-state index in [0.717, 1.165) is 19.5 Å². The summed E-state index contributed by atoms with van der Waals surface area (Å²) in [6, 6.07) is 10.7. The molecule has 1 aromatic carbocycles. The molecule has 0 aliphatic carbocycles. The lowest BCUT2D eigenvalue weighted by molar-refractivity contribution is 0.732. The summed E-state index contributed by atoms with van der Waals surface area (Å²) in [5.41, 5.74) is 8.25. The second kappa shape index (κ2) is 3.84. The largest absolute Gasteiger partial charge is 0.345 e. The van der Waals surface area contributed by atoms with Crippen molar-refractivity contribution in [2.75, 3.05) is 6.54 Å². The number of para-hydroxylation sites is 1. The second-order valence-electron chi connectivity index (χ2n) is 3.48. The van der Waals surface area contributed by atoms with E-state index in [1.54, 1.807) is 0 Å². The Labute approximate surface area is 84.3 Å². The molecule has 0 unspecified atom stereocenters. The lowest BCUT2D eigenvalue weighted by Crippen LogP contribution is -2.07. The SMILES string of the molecule is CCn1c(CCN)cc2ccccc21. The Bertz CT molecular complexity index is 429. The van der Waals surface area contributed by atoms with Crippen molar-refractivity contribution in [3.63, 3.8) is 0 Å². The zero-order valence-corrected chi connectivity index (χ0v) is 8.53. The van der Waals surface area contributed by atoms with E-state index in [2.05, 4.69) is 41.8 Å². The molecule has 2 nitrogen and oxygen atoms in total. The van der Waals surface area contributed by atoms with Crippen LogP contribution in [0.5, 0.6) is 0 Å². The Morgan fingerprint density at radius 1 is 1.29 bits per heavy atom. The highest BCUT2D eigenvalue weighted by Crippen LogP contribution is 2.19. The standard InChI is InChI=1S/C12H16N2/c1-2-14-11(7-8-13)9-10-5-3-4-6-12(10)14/h3-6,9H,2,7-8,13H2,1H3. The summed E-state index contributed by atoms with van der Waals surface area (Å²) in [5.74, 6) is 0. The van der Waals surface area contributed by atoms with Gasteiger partial charge in [-0.3, -0.25) is 0 Å². The van der Waals surface area contributed by atoms with Crippen molar-refractivity contribution in [1.29, 1.82) is 0 Å². The lowest BCUT2D eigenvalue weighted by atomic mass is 10.2. The van der Waals surface area contributed by atoms with E-state index < -0.39 is 0 Å². The smallest absolute Gasteiger partial charge is 0.0482 e. The van der Waals surface area contributed by atoms with E-state index in [1.165, 1.54) is 16.6 Å². The molecule has 1 aromatic heterocycles. The van der Waals surface area contributed by atoms with Crippen molar-refractivity contribution < 1.29 is 0 Å². The van der Waals surface area contributed by atoms with E-state index in [9.17, 15) is 0 Å². The quantitative estimate of drug-likeness (QED) is 0.786. The first kappa shape index (κ1) is 9.28. The van der Waals surface area contributed by atoms with Crippen LogP contribution in [0.4, 0.5) is 0 Å². The Hall–Kier alpha value is -1.28. The maximum absolute atomic E-state index is 5.59. The van der Waals surface area contributed by atoms with Gasteiger partial charge in [-0.25, -0.2) is 0 Å². The van der Waals surface area contributed by atoms with E-state index in [1.807, 2.05) is 0 Å². The molecule has 74 valence electrons. The first-order valence-corrected chi connectivity index (χ1v) is 5.14. The summed E-state index contributed by atoms with van der Waals surface area (Å²) >= 11 is 0. The van der Waals surface area contributed by atoms with E-state index in [-0.39, 0.29) is 0 Å². The van der Waals surface area contributed by atoms with Gasteiger partial charge in [0.25, 0.3) is 0 Å². The summed E-state index contributed by atoms with van der Waals surface area (Å²) < 4.78 is 2.34. The summed E-state index contributed by atoms with van der Waals surface area (Å²) in [4.78, 5) is 0. The van der Waals surface area contributed by atoms with Gasteiger partial charge in [-0.2, -0.15) is 0 Å². The van der Waals surface area contributed by atoms with Crippen LogP contribution in [-0.2, 0) is 13.0 Å². The molecular weight excluding hydrogens is 172 g/mol. The summed E-state index contributed by atoms with van der Waals surface area (Å²) in [5, 5.41) is 1.32. The summed E-state index contributed by atoms with van der Waals surface area (Å²) in [7, 11) is 0. The van der Waals surface area contributed by atoms with Crippen molar-refractivity contribution in [2.24, 2.45) is 5.73 Å². The molecule has 2 aromatic rings. The number of rotatable bonds is 3. The molecule has 0 saturated heterocycles. The molecule has 0 saturated carbocycles. The van der Waals surface area contributed by atoms with Crippen LogP contribution in [0.1, 0.15) is 12.6 Å². The molecule has 2 rings (SSSR count). The fraction of sp³-hybridized carbons (Fsp3) is 0.333. The molecule has 0 aliphatic heterocycles. The fourth-order valence-corrected chi connectivity index (χ4v) is 2.00. The van der Waals surface area contributed by atoms with Gasteiger partial charge < -0.3 is 10.3 Å². The number of benzene rings is 1. The van der Waals surface area contributed by atoms with Crippen molar-refractivity contribution >= 4 is 10.9 Å². The van der Waals surface area contributed by atoms with Gasteiger partial charge in [0.15, 0.2) is 0 Å². The van der Waals surface area contributed by atoms with E-state index >= 15 is 0 Å². The minimum Gasteiger partial charge on any atom is -0.345 e. The van der Waals surface area contributed by atoms with Crippen molar-refractivity contribution in [1.82, 2.24) is 4.57 Å². The predicted molar refractivity (Wildman–Crippen MR) is 60.4 cm³/mol. The molecule has 0 atom stereocenters. The first-order chi connectivity index (χ1) is 6.86. The van der Waals surface area contributed by atoms with Gasteiger partial charge in [-0.15, -0.1) is 0 Å². The van der Waals surface area contributed by atoms with Gasteiger partial charge >= 0.3 is 0 Å². The number of hydrogen-bond donors (Lipinski definition) is 1. The molecule has 0 spiro atoms. The third-order valence-corrected chi connectivity index (χ3v) is 2.61. The molecule has 0 amide bonds. The Morgan fingerprint density at radius 2 is 2.07 bits per heavy atom. The predicted octanol–water partition coefficient (Wildman–Crippen LogP) is 2.16. The molecule has 0 fully saturated rings. The molecule has 0 radical (unpaired) electrons. The second-order valence-corrected chi connectivity index (χ2v) is 3.48. The van der Waals surface area contributed by atoms with Crippen molar-refractivity contribution in [3.05, 3.63) is 36.0 Å². The number of fused-ring (bicyclic) bond motifs is 1. The van der Waals surface area contributed by atoms with Crippen molar-refractivity contribution in [2.45, 2.75) is 19.9 Å². The number of nitrogens with two attached hydrogens (primary N) is 1. The highest BCUT2D eigenvalue weighted by atomic mass is 15.0. The first-order valence-electron chi connectivity index (χ1n) is 5.14. The minimum atomic E-state index is 0.719. The maximum atomic E-state index is 5.59. The summed E-state index contributed by atoms with van der Waals surface area (Å²) in [6.45, 7) is 3.91. The van der Waals surface area contributed by atoms with Crippen LogP contribution < -0.4 is 5.73 Å². The molecule has 2 heteroatoms. The van der Waals surface area contributed by atoms with Gasteiger partial charge in [-0.05, 0) is 37.4 Å². The van der Waals surface area contributed by atoms with Gasteiger partial charge in [0.2, 0.25) is 0 Å². The molecule has 14 heavy (non-hydrogen) atoms. The number of hydrogen-bond acceptors (Lipinski definition) is 1. The van der Waals surface area contributed by atoms with Crippen LogP contribution in [0.15, 0.2) is 30.3 Å². The zero-order chi connectivity index (χ0) is 9.97. The third kappa shape index (κ3) is 1.42. The number of nitrogens with zero attached hydrogens (tertiary/aromatic N) is 1. The molecule has 0 aliphatic rings. The van der Waals surface area contributed by atoms with Crippen LogP contribution >= 0.6 is 0 Å². The van der Waals surface area contributed by atoms with Gasteiger partial charge in [0, 0.05) is 17.8 Å². The molecular formula is C12H16N2. The van der Waals surface area contributed by atoms with E-state index in [0.29, 0.717) is 0 Å². The average molecular weight is 188 g/mol. The Morgan fingerprint density at radius 3 is 2.79 bits per heavy atom. The number of aryl methyl sites for hydroxylation is 1. The van der Waals surface area contributed by atoms with Crippen molar-refractivity contribution in [3.8, 4) is 0 Å². The van der Waals surface area contributed by atoms with Gasteiger partial charge in [-0.1, -0.05) is 18.2 Å². The molecule has 0 bridgehead atoms. The number of aromatic nitrogens is 1. The Balaban J connectivity index is 2.60. The topological polar surface area (TPSA) is 30.9 Å². The average Bonchev–Trinajstić information content (AvgIpc) is 2.55. The van der Waals surface area contributed by atoms with Gasteiger partial charge in [0.05, 0.1) is 0 Å². The highest BCUT2D eigenvalue weighted by Gasteiger charge is 2.05. The molecule has 2 N–H and O–H groups in total. The van der Waals surface area contributed by atoms with Gasteiger partial charge in [0.1, 0.15) is 0 Å². The maximum Gasteiger partial charge on any atom is 0.0482 e. The Kier molecular flexibility index (Phi) is 2.55. The normalized spacial score (nSPS) is 11.0. The van der Waals surface area contributed by atoms with Crippen LogP contribution in [-0.4, -0.2) is 11.1 Å². The van der Waals surface area contributed by atoms with Crippen LogP contribution in [0.3, 0.4) is 0 Å². The minimum absolute atomic E-state index is 0.719. The third-order valence-electron chi connectivity index (χ3n) is 2.61. The lowest BCUT2D eigenvalue weighted by Gasteiger charge is -2.06. The highest BCUT2D eigenvalue weighted by molar-refractivity contribution is 5.81. The van der Waals surface area contributed by atoms with E-state index in [4.69, 9.17) is 5.73 Å². The monoisotopic (exact) mass is 188 g/mol. The van der Waals surface area contributed by atoms with Crippen LogP contribution in [0, 0.1) is 0 Å². The molecule has 1 heterocycles. The zero-order valence-electron chi connectivity index (χ0n) is 8.53. The van der Waals surface area contributed by atoms with Crippen LogP contribution in [0.25, 0.3) is 10.9 Å². The summed E-state index contributed by atoms with van der Waals surface area (Å²) in [6.07, 6.45) is 0.961. The fourth-order valence-electron chi connectivity index (χ4n) is 2.00.